The van der Waals surface area contributed by atoms with Crippen molar-refractivity contribution in [1.82, 2.24) is 9.36 Å². The number of aromatic carboxylic acids is 1. The minimum Gasteiger partial charge on any atom is -0.478 e. The van der Waals surface area contributed by atoms with Gasteiger partial charge >= 0.3 is 5.97 Å². The van der Waals surface area contributed by atoms with Crippen LogP contribution >= 0.6 is 23.1 Å². The molecule has 0 aliphatic rings. The monoisotopic (exact) mass is 311 g/mol. The second-order valence-corrected chi connectivity index (χ2v) is 5.13. The molecule has 0 unspecified atom stereocenters. The lowest BCUT2D eigenvalue weighted by molar-refractivity contribution is 0.0697. The van der Waals surface area contributed by atoms with Gasteiger partial charge in [0.2, 0.25) is 0 Å². The molecule has 104 valence electrons. The van der Waals surface area contributed by atoms with Gasteiger partial charge in [-0.15, -0.1) is 0 Å². The summed E-state index contributed by atoms with van der Waals surface area (Å²) in [4.78, 5) is 28.6. The number of hydrogen-bond donors (Lipinski definition) is 1. The molecule has 0 saturated heterocycles. The quantitative estimate of drug-likeness (QED) is 0.941. The largest absolute Gasteiger partial charge is 0.478 e. The Kier molecular flexibility index (Phi) is 4.01. The molecule has 0 spiro atoms. The molecule has 2 aromatic heterocycles. The van der Waals surface area contributed by atoms with Crippen molar-refractivity contribution in [2.45, 2.75) is 6.92 Å². The van der Waals surface area contributed by atoms with E-state index >= 15 is 0 Å². The SMILES string of the molecule is Cc1nsc(N(C)C(=O)c2ccncc2Cl)c1C(=O)O. The molecule has 2 rings (SSSR count). The molecule has 0 bridgehead atoms. The first kappa shape index (κ1) is 14.4. The van der Waals surface area contributed by atoms with Crippen LogP contribution in [0.1, 0.15) is 26.4 Å². The van der Waals surface area contributed by atoms with Crippen LogP contribution in [0.4, 0.5) is 5.00 Å². The number of aryl methyl sites for hydroxylation is 1. The van der Waals surface area contributed by atoms with Gasteiger partial charge in [-0.3, -0.25) is 9.78 Å². The maximum atomic E-state index is 12.3. The zero-order valence-electron chi connectivity index (χ0n) is 10.6. The predicted octanol–water partition coefficient (Wildman–Crippen LogP) is 2.47. The fraction of sp³-hybridized carbons (Fsp3) is 0.167. The number of aromatic nitrogens is 2. The lowest BCUT2D eigenvalue weighted by atomic mass is 10.2. The molecule has 0 atom stereocenters. The predicted molar refractivity (Wildman–Crippen MR) is 75.8 cm³/mol. The van der Waals surface area contributed by atoms with E-state index in [0.29, 0.717) is 5.69 Å². The summed E-state index contributed by atoms with van der Waals surface area (Å²) in [6, 6.07) is 1.48. The zero-order valence-corrected chi connectivity index (χ0v) is 12.2. The highest BCUT2D eigenvalue weighted by Gasteiger charge is 2.25. The van der Waals surface area contributed by atoms with Crippen molar-refractivity contribution < 1.29 is 14.7 Å². The van der Waals surface area contributed by atoms with Gasteiger partial charge in [-0.1, -0.05) is 11.6 Å². The maximum absolute atomic E-state index is 12.3. The van der Waals surface area contributed by atoms with E-state index in [-0.39, 0.29) is 21.2 Å². The normalized spacial score (nSPS) is 10.3. The smallest absolute Gasteiger partial charge is 0.340 e. The first-order valence-electron chi connectivity index (χ1n) is 5.50. The number of pyridine rings is 1. The summed E-state index contributed by atoms with van der Waals surface area (Å²) in [6.45, 7) is 1.58. The van der Waals surface area contributed by atoms with Crippen molar-refractivity contribution >= 4 is 40.0 Å². The minimum absolute atomic E-state index is 0.0241. The van der Waals surface area contributed by atoms with Gasteiger partial charge in [-0.25, -0.2) is 4.79 Å². The molecule has 0 radical (unpaired) electrons. The first-order chi connectivity index (χ1) is 9.43. The molecule has 0 aliphatic carbocycles. The Bertz CT molecular complexity index is 686. The van der Waals surface area contributed by atoms with Gasteiger partial charge < -0.3 is 10.0 Å². The third-order valence-corrected chi connectivity index (χ3v) is 3.99. The van der Waals surface area contributed by atoms with Crippen molar-refractivity contribution in [3.63, 3.8) is 0 Å². The van der Waals surface area contributed by atoms with E-state index in [0.717, 1.165) is 11.5 Å². The number of carbonyl (C=O) groups excluding carboxylic acids is 1. The third-order valence-electron chi connectivity index (χ3n) is 2.67. The van der Waals surface area contributed by atoms with E-state index in [2.05, 4.69) is 9.36 Å². The van der Waals surface area contributed by atoms with Gasteiger partial charge in [0.1, 0.15) is 10.6 Å². The Labute approximate surface area is 123 Å². The molecular formula is C12H10ClN3O3S. The summed E-state index contributed by atoms with van der Waals surface area (Å²) in [5, 5.41) is 9.67. The lowest BCUT2D eigenvalue weighted by Gasteiger charge is -2.16. The van der Waals surface area contributed by atoms with Crippen LogP contribution in [-0.2, 0) is 0 Å². The topological polar surface area (TPSA) is 83.4 Å². The van der Waals surface area contributed by atoms with Crippen LogP contribution in [0, 0.1) is 6.92 Å². The van der Waals surface area contributed by atoms with Crippen LogP contribution < -0.4 is 4.90 Å². The van der Waals surface area contributed by atoms with Crippen molar-refractivity contribution in [3.8, 4) is 0 Å². The molecule has 8 heteroatoms. The van der Waals surface area contributed by atoms with Gasteiger partial charge in [-0.2, -0.15) is 4.37 Å². The average Bonchev–Trinajstić information content (AvgIpc) is 2.79. The second-order valence-electron chi connectivity index (χ2n) is 3.97. The maximum Gasteiger partial charge on any atom is 0.340 e. The number of anilines is 1. The van der Waals surface area contributed by atoms with Crippen LogP contribution in [0.3, 0.4) is 0 Å². The Morgan fingerprint density at radius 3 is 2.75 bits per heavy atom. The van der Waals surface area contributed by atoms with Crippen molar-refractivity contribution in [2.75, 3.05) is 11.9 Å². The van der Waals surface area contributed by atoms with E-state index in [1.807, 2.05) is 0 Å². The Balaban J connectivity index is 2.42. The number of hydrogen-bond acceptors (Lipinski definition) is 5. The Morgan fingerprint density at radius 2 is 2.15 bits per heavy atom. The van der Waals surface area contributed by atoms with Crippen LogP contribution in [0.15, 0.2) is 18.5 Å². The number of halogens is 1. The molecule has 20 heavy (non-hydrogen) atoms. The number of carboxylic acid groups (broad SMARTS) is 1. The summed E-state index contributed by atoms with van der Waals surface area (Å²) in [5.41, 5.74) is 0.653. The van der Waals surface area contributed by atoms with Crippen LogP contribution in [0.25, 0.3) is 0 Å². The third kappa shape index (κ3) is 2.50. The first-order valence-corrected chi connectivity index (χ1v) is 6.65. The molecule has 0 aliphatic heterocycles. The highest BCUT2D eigenvalue weighted by Crippen LogP contribution is 2.29. The number of amides is 1. The standard InChI is InChI=1S/C12H10ClN3O3S/c1-6-9(12(18)19)11(20-15-6)16(2)10(17)7-3-4-14-5-8(7)13/h3-5H,1-2H3,(H,18,19). The second kappa shape index (κ2) is 5.56. The lowest BCUT2D eigenvalue weighted by Crippen LogP contribution is -2.27. The van der Waals surface area contributed by atoms with E-state index in [9.17, 15) is 14.7 Å². The highest BCUT2D eigenvalue weighted by atomic mass is 35.5. The van der Waals surface area contributed by atoms with Crippen molar-refractivity contribution in [2.24, 2.45) is 0 Å². The van der Waals surface area contributed by atoms with E-state index < -0.39 is 11.9 Å². The number of carboxylic acids is 1. The van der Waals surface area contributed by atoms with Crippen molar-refractivity contribution in [3.05, 3.63) is 40.3 Å². The highest BCUT2D eigenvalue weighted by molar-refractivity contribution is 7.11. The molecule has 0 aromatic carbocycles. The molecule has 6 nitrogen and oxygen atoms in total. The molecule has 0 fully saturated rings. The Morgan fingerprint density at radius 1 is 1.45 bits per heavy atom. The average molecular weight is 312 g/mol. The molecule has 2 aromatic rings. The van der Waals surface area contributed by atoms with Crippen LogP contribution in [0.2, 0.25) is 5.02 Å². The van der Waals surface area contributed by atoms with Crippen LogP contribution in [0.5, 0.6) is 0 Å². The van der Waals surface area contributed by atoms with Gasteiger partial charge in [0.25, 0.3) is 5.91 Å². The molecular weight excluding hydrogens is 302 g/mol. The van der Waals surface area contributed by atoms with Gasteiger partial charge in [0, 0.05) is 19.4 Å². The number of nitrogens with zero attached hydrogens (tertiary/aromatic N) is 3. The van der Waals surface area contributed by atoms with E-state index in [4.69, 9.17) is 11.6 Å². The Hall–Kier alpha value is -1.99. The fourth-order valence-corrected chi connectivity index (χ4v) is 2.70. The number of carbonyl (C=O) groups is 2. The van der Waals surface area contributed by atoms with E-state index in [1.165, 1.54) is 30.4 Å². The summed E-state index contributed by atoms with van der Waals surface area (Å²) in [5.74, 6) is -1.53. The van der Waals surface area contributed by atoms with Gasteiger partial charge in [0.15, 0.2) is 0 Å². The zero-order chi connectivity index (χ0) is 14.9. The molecule has 1 amide bonds. The molecule has 1 N–H and O–H groups in total. The van der Waals surface area contributed by atoms with Crippen molar-refractivity contribution in [1.29, 1.82) is 0 Å². The summed E-state index contributed by atoms with van der Waals surface area (Å²) in [6.07, 6.45) is 2.81. The van der Waals surface area contributed by atoms with Gasteiger partial charge in [-0.05, 0) is 24.5 Å². The molecule has 0 saturated carbocycles. The molecule has 2 heterocycles. The van der Waals surface area contributed by atoms with Crippen LogP contribution in [-0.4, -0.2) is 33.4 Å². The number of rotatable bonds is 3. The minimum atomic E-state index is -1.12. The summed E-state index contributed by atoms with van der Waals surface area (Å²) in [7, 11) is 1.48. The fourth-order valence-electron chi connectivity index (χ4n) is 1.65. The van der Waals surface area contributed by atoms with E-state index in [1.54, 1.807) is 6.92 Å². The summed E-state index contributed by atoms with van der Waals surface area (Å²) >= 11 is 6.88. The summed E-state index contributed by atoms with van der Waals surface area (Å²) < 4.78 is 3.98. The van der Waals surface area contributed by atoms with Gasteiger partial charge in [0.05, 0.1) is 16.3 Å².